The molecule has 6 heteroatoms. The first kappa shape index (κ1) is 11.6. The predicted octanol–water partition coefficient (Wildman–Crippen LogP) is 2.44. The Balaban J connectivity index is 1.90. The number of benzene rings is 1. The smallest absolute Gasteiger partial charge is 0.203 e. The Bertz CT molecular complexity index is 709. The van der Waals surface area contributed by atoms with Crippen LogP contribution < -0.4 is 5.32 Å². The molecule has 5 nitrogen and oxygen atoms in total. The van der Waals surface area contributed by atoms with E-state index in [1.54, 1.807) is 29.2 Å². The molecule has 1 N–H and O–H groups in total. The van der Waals surface area contributed by atoms with Gasteiger partial charge in [-0.2, -0.15) is 0 Å². The van der Waals surface area contributed by atoms with Crippen molar-refractivity contribution in [3.63, 3.8) is 0 Å². The van der Waals surface area contributed by atoms with E-state index in [0.29, 0.717) is 11.5 Å². The van der Waals surface area contributed by atoms with E-state index in [1.807, 2.05) is 13.0 Å². The van der Waals surface area contributed by atoms with Gasteiger partial charge in [0.15, 0.2) is 5.82 Å². The van der Waals surface area contributed by atoms with Gasteiger partial charge in [-0.1, -0.05) is 12.1 Å². The number of hydrogen-bond donors (Lipinski definition) is 1. The summed E-state index contributed by atoms with van der Waals surface area (Å²) in [5.41, 5.74) is 1.49. The third-order valence-electron chi connectivity index (χ3n) is 2.92. The second-order valence-corrected chi connectivity index (χ2v) is 4.26. The van der Waals surface area contributed by atoms with Gasteiger partial charge in [0.05, 0.1) is 6.04 Å². The number of anilines is 1. The molecule has 0 aliphatic rings. The van der Waals surface area contributed by atoms with Crippen molar-refractivity contribution in [2.75, 3.05) is 5.32 Å². The van der Waals surface area contributed by atoms with E-state index in [1.165, 1.54) is 12.1 Å². The fourth-order valence-corrected chi connectivity index (χ4v) is 1.92. The van der Waals surface area contributed by atoms with Gasteiger partial charge in [0, 0.05) is 12.4 Å². The highest BCUT2D eigenvalue weighted by Gasteiger charge is 2.10. The Morgan fingerprint density at radius 3 is 3.11 bits per heavy atom. The average Bonchev–Trinajstić information content (AvgIpc) is 2.88. The van der Waals surface area contributed by atoms with Crippen molar-refractivity contribution in [3.8, 4) is 0 Å². The number of aromatic nitrogens is 4. The van der Waals surface area contributed by atoms with Crippen LogP contribution in [-0.4, -0.2) is 19.6 Å². The summed E-state index contributed by atoms with van der Waals surface area (Å²) >= 11 is 0. The third kappa shape index (κ3) is 2.24. The summed E-state index contributed by atoms with van der Waals surface area (Å²) in [5, 5.41) is 11.0. The summed E-state index contributed by atoms with van der Waals surface area (Å²) in [6.45, 7) is 1.94. The van der Waals surface area contributed by atoms with Crippen LogP contribution in [0.2, 0.25) is 0 Å². The Morgan fingerprint density at radius 2 is 2.26 bits per heavy atom. The molecule has 0 fully saturated rings. The summed E-state index contributed by atoms with van der Waals surface area (Å²) in [7, 11) is 0. The van der Waals surface area contributed by atoms with Crippen LogP contribution in [-0.2, 0) is 0 Å². The van der Waals surface area contributed by atoms with Gasteiger partial charge in [-0.05, 0) is 24.6 Å². The van der Waals surface area contributed by atoms with Crippen molar-refractivity contribution in [3.05, 3.63) is 54.4 Å². The van der Waals surface area contributed by atoms with E-state index < -0.39 is 0 Å². The molecular weight excluding hydrogens is 245 g/mol. The molecule has 0 radical (unpaired) electrons. The lowest BCUT2D eigenvalue weighted by Gasteiger charge is -2.15. The highest BCUT2D eigenvalue weighted by atomic mass is 19.1. The zero-order valence-corrected chi connectivity index (χ0v) is 10.3. The lowest BCUT2D eigenvalue weighted by Crippen LogP contribution is -2.09. The molecule has 19 heavy (non-hydrogen) atoms. The molecule has 0 saturated heterocycles. The van der Waals surface area contributed by atoms with Gasteiger partial charge in [-0.25, -0.2) is 9.37 Å². The van der Waals surface area contributed by atoms with Crippen LogP contribution in [0, 0.1) is 5.82 Å². The normalized spacial score (nSPS) is 12.5. The number of fused-ring (bicyclic) bond motifs is 1. The van der Waals surface area contributed by atoms with E-state index >= 15 is 0 Å². The topological polar surface area (TPSA) is 55.1 Å². The van der Waals surface area contributed by atoms with E-state index in [-0.39, 0.29) is 11.9 Å². The van der Waals surface area contributed by atoms with Crippen LogP contribution in [0.5, 0.6) is 0 Å². The quantitative estimate of drug-likeness (QED) is 0.783. The van der Waals surface area contributed by atoms with Gasteiger partial charge < -0.3 is 5.32 Å². The number of hydrogen-bond acceptors (Lipinski definition) is 4. The first-order chi connectivity index (χ1) is 9.24. The maximum Gasteiger partial charge on any atom is 0.203 e. The zero-order valence-electron chi connectivity index (χ0n) is 10.3. The lowest BCUT2D eigenvalue weighted by molar-refractivity contribution is 0.623. The van der Waals surface area contributed by atoms with E-state index in [9.17, 15) is 4.39 Å². The zero-order chi connectivity index (χ0) is 13.2. The molecule has 1 aromatic carbocycles. The second-order valence-electron chi connectivity index (χ2n) is 4.26. The number of nitrogens with one attached hydrogen (secondary N) is 1. The van der Waals surface area contributed by atoms with Gasteiger partial charge in [0.25, 0.3) is 0 Å². The van der Waals surface area contributed by atoms with Crippen molar-refractivity contribution < 1.29 is 4.39 Å². The second kappa shape index (κ2) is 4.64. The Kier molecular flexibility index (Phi) is 2.83. The average molecular weight is 257 g/mol. The minimum absolute atomic E-state index is 0.0777. The number of halogens is 1. The van der Waals surface area contributed by atoms with Crippen molar-refractivity contribution in [1.82, 2.24) is 19.6 Å². The molecule has 1 unspecified atom stereocenters. The molecule has 3 aromatic rings. The van der Waals surface area contributed by atoms with Crippen LogP contribution in [0.4, 0.5) is 10.2 Å². The van der Waals surface area contributed by atoms with Crippen molar-refractivity contribution in [1.29, 1.82) is 0 Å². The minimum Gasteiger partial charge on any atom is -0.360 e. The Labute approximate surface area is 109 Å². The van der Waals surface area contributed by atoms with Crippen LogP contribution in [0.1, 0.15) is 18.5 Å². The molecule has 2 aromatic heterocycles. The molecule has 2 heterocycles. The van der Waals surface area contributed by atoms with Crippen molar-refractivity contribution in [2.24, 2.45) is 0 Å². The Hall–Kier alpha value is -2.50. The lowest BCUT2D eigenvalue weighted by atomic mass is 10.1. The summed E-state index contributed by atoms with van der Waals surface area (Å²) in [5.74, 6) is 0.372. The SMILES string of the molecule is CC(Nc1nccn2cnnc12)c1cccc(F)c1. The maximum atomic E-state index is 13.2. The van der Waals surface area contributed by atoms with E-state index in [4.69, 9.17) is 0 Å². The van der Waals surface area contributed by atoms with Gasteiger partial charge in [0.1, 0.15) is 12.1 Å². The summed E-state index contributed by atoms with van der Waals surface area (Å²) in [4.78, 5) is 4.24. The van der Waals surface area contributed by atoms with Crippen LogP contribution in [0.15, 0.2) is 43.0 Å². The third-order valence-corrected chi connectivity index (χ3v) is 2.92. The molecular formula is C13H12FN5. The van der Waals surface area contributed by atoms with E-state index in [0.717, 1.165) is 5.56 Å². The fourth-order valence-electron chi connectivity index (χ4n) is 1.92. The summed E-state index contributed by atoms with van der Waals surface area (Å²) in [6, 6.07) is 6.40. The summed E-state index contributed by atoms with van der Waals surface area (Å²) in [6.07, 6.45) is 5.04. The van der Waals surface area contributed by atoms with Crippen LogP contribution >= 0.6 is 0 Å². The van der Waals surface area contributed by atoms with Crippen molar-refractivity contribution in [2.45, 2.75) is 13.0 Å². The highest BCUT2D eigenvalue weighted by molar-refractivity contribution is 5.62. The Morgan fingerprint density at radius 1 is 1.37 bits per heavy atom. The monoisotopic (exact) mass is 257 g/mol. The first-order valence-corrected chi connectivity index (χ1v) is 5.90. The highest BCUT2D eigenvalue weighted by Crippen LogP contribution is 2.20. The first-order valence-electron chi connectivity index (χ1n) is 5.90. The molecule has 0 bridgehead atoms. The molecule has 0 saturated carbocycles. The van der Waals surface area contributed by atoms with Gasteiger partial charge in [-0.15, -0.1) is 10.2 Å². The van der Waals surface area contributed by atoms with Gasteiger partial charge in [-0.3, -0.25) is 4.40 Å². The van der Waals surface area contributed by atoms with E-state index in [2.05, 4.69) is 20.5 Å². The number of nitrogens with zero attached hydrogens (tertiary/aromatic N) is 4. The molecule has 96 valence electrons. The molecule has 0 spiro atoms. The van der Waals surface area contributed by atoms with Crippen LogP contribution in [0.25, 0.3) is 5.65 Å². The molecule has 3 rings (SSSR count). The standard InChI is InChI=1S/C13H12FN5/c1-9(10-3-2-4-11(14)7-10)17-12-13-18-16-8-19(13)6-5-15-12/h2-9H,1H3,(H,15,17). The molecule has 0 aliphatic carbocycles. The minimum atomic E-state index is -0.250. The van der Waals surface area contributed by atoms with Crippen molar-refractivity contribution >= 4 is 11.5 Å². The maximum absolute atomic E-state index is 13.2. The molecule has 0 aliphatic heterocycles. The number of rotatable bonds is 3. The predicted molar refractivity (Wildman–Crippen MR) is 69.2 cm³/mol. The molecule has 1 atom stereocenters. The summed E-state index contributed by atoms with van der Waals surface area (Å²) < 4.78 is 15.0. The fraction of sp³-hybridized carbons (Fsp3) is 0.154. The largest absolute Gasteiger partial charge is 0.360 e. The molecule has 0 amide bonds. The van der Waals surface area contributed by atoms with Crippen LogP contribution in [0.3, 0.4) is 0 Å². The van der Waals surface area contributed by atoms with Gasteiger partial charge in [0.2, 0.25) is 5.65 Å². The van der Waals surface area contributed by atoms with Gasteiger partial charge >= 0.3 is 0 Å².